The van der Waals surface area contributed by atoms with Crippen LogP contribution in [0, 0.1) is 6.92 Å². The minimum absolute atomic E-state index is 0.0225. The summed E-state index contributed by atoms with van der Waals surface area (Å²) >= 11 is 7.41. The molecular weight excluding hydrogens is 514 g/mol. The molecule has 3 N–H and O–H groups in total. The molecule has 0 saturated carbocycles. The Balaban J connectivity index is 1.36. The van der Waals surface area contributed by atoms with E-state index >= 15 is 0 Å². The zero-order valence-corrected chi connectivity index (χ0v) is 22.7. The van der Waals surface area contributed by atoms with Crippen LogP contribution < -0.4 is 16.0 Å². The molecule has 4 rings (SSSR count). The van der Waals surface area contributed by atoms with Crippen molar-refractivity contribution < 1.29 is 14.3 Å². The molecule has 1 fully saturated rings. The van der Waals surface area contributed by atoms with Crippen LogP contribution in [0.5, 0.6) is 0 Å². The molecule has 2 aromatic heterocycles. The number of amides is 2. The molecule has 1 aliphatic heterocycles. The molecule has 3 heterocycles. The summed E-state index contributed by atoms with van der Waals surface area (Å²) in [5, 5.41) is 10.3. The third-order valence-electron chi connectivity index (χ3n) is 5.48. The molecule has 2 amide bonds. The van der Waals surface area contributed by atoms with Gasteiger partial charge in [-0.3, -0.25) is 9.78 Å². The molecule has 12 heteroatoms. The van der Waals surface area contributed by atoms with Crippen molar-refractivity contribution in [3.63, 3.8) is 0 Å². The Hall–Kier alpha value is -3.44. The molecule has 0 radical (unpaired) electrons. The lowest BCUT2D eigenvalue weighted by Gasteiger charge is -2.34. The number of carbonyl (C=O) groups is 2. The van der Waals surface area contributed by atoms with Crippen molar-refractivity contribution in [2.24, 2.45) is 0 Å². The largest absolute Gasteiger partial charge is 0.444 e. The number of rotatable bonds is 6. The molecule has 1 aromatic carbocycles. The van der Waals surface area contributed by atoms with Crippen LogP contribution in [0.25, 0.3) is 0 Å². The van der Waals surface area contributed by atoms with Crippen LogP contribution in [0.4, 0.5) is 27.2 Å². The van der Waals surface area contributed by atoms with Crippen LogP contribution >= 0.6 is 22.9 Å². The summed E-state index contributed by atoms with van der Waals surface area (Å²) in [5.74, 6) is 0.757. The first-order valence-corrected chi connectivity index (χ1v) is 13.1. The molecule has 0 bridgehead atoms. The highest BCUT2D eigenvalue weighted by Gasteiger charge is 2.28. The molecule has 0 spiro atoms. The predicted molar refractivity (Wildman–Crippen MR) is 146 cm³/mol. The van der Waals surface area contributed by atoms with Gasteiger partial charge < -0.3 is 25.6 Å². The van der Waals surface area contributed by atoms with Gasteiger partial charge in [-0.05, 0) is 52.2 Å². The Labute approximate surface area is 224 Å². The fourth-order valence-corrected chi connectivity index (χ4v) is 4.79. The first-order chi connectivity index (χ1) is 17.6. The summed E-state index contributed by atoms with van der Waals surface area (Å²) in [6, 6.07) is 5.46. The average molecular weight is 544 g/mol. The third kappa shape index (κ3) is 7.30. The Morgan fingerprint density at radius 1 is 1.19 bits per heavy atom. The van der Waals surface area contributed by atoms with E-state index < -0.39 is 5.60 Å². The van der Waals surface area contributed by atoms with Crippen LogP contribution in [0.15, 0.2) is 36.8 Å². The summed E-state index contributed by atoms with van der Waals surface area (Å²) < 4.78 is 5.51. The molecule has 0 aliphatic carbocycles. The number of carbonyl (C=O) groups excluding carboxylic acids is 2. The third-order valence-corrected chi connectivity index (χ3v) is 6.71. The molecule has 3 aromatic rings. The maximum atomic E-state index is 12.7. The van der Waals surface area contributed by atoms with Crippen molar-refractivity contribution in [2.75, 3.05) is 29.0 Å². The second-order valence-corrected chi connectivity index (χ2v) is 11.2. The highest BCUT2D eigenvalue weighted by atomic mass is 35.5. The van der Waals surface area contributed by atoms with Crippen molar-refractivity contribution in [1.82, 2.24) is 19.9 Å². The van der Waals surface area contributed by atoms with E-state index in [2.05, 4.69) is 30.9 Å². The Kier molecular flexibility index (Phi) is 8.13. The molecular formula is C25H30ClN7O3S. The molecule has 196 valence electrons. The zero-order chi connectivity index (χ0) is 26.6. The lowest BCUT2D eigenvalue weighted by Crippen LogP contribution is -2.47. The number of piperidine rings is 1. The smallest absolute Gasteiger partial charge is 0.410 e. The number of hydrogen-bond acceptors (Lipinski definition) is 9. The summed E-state index contributed by atoms with van der Waals surface area (Å²) in [5.41, 5.74) is 0.914. The van der Waals surface area contributed by atoms with Crippen molar-refractivity contribution in [2.45, 2.75) is 52.2 Å². The summed E-state index contributed by atoms with van der Waals surface area (Å²) in [6.45, 7) is 8.63. The lowest BCUT2D eigenvalue weighted by atomic mass is 10.1. The molecule has 37 heavy (non-hydrogen) atoms. The van der Waals surface area contributed by atoms with Gasteiger partial charge in [0.1, 0.15) is 16.3 Å². The van der Waals surface area contributed by atoms with Crippen molar-refractivity contribution in [3.05, 3.63) is 52.3 Å². The minimum Gasteiger partial charge on any atom is -0.444 e. The van der Waals surface area contributed by atoms with Gasteiger partial charge in [-0.15, -0.1) is 0 Å². The second-order valence-electron chi connectivity index (χ2n) is 9.74. The van der Waals surface area contributed by atoms with Gasteiger partial charge in [0.25, 0.3) is 5.91 Å². The number of halogens is 1. The van der Waals surface area contributed by atoms with Crippen LogP contribution in [0.3, 0.4) is 0 Å². The quantitative estimate of drug-likeness (QED) is 0.362. The van der Waals surface area contributed by atoms with E-state index in [0.29, 0.717) is 45.4 Å². The molecule has 0 unspecified atom stereocenters. The van der Waals surface area contributed by atoms with E-state index in [1.807, 2.05) is 39.8 Å². The van der Waals surface area contributed by atoms with Gasteiger partial charge in [-0.2, -0.15) is 0 Å². The second kappa shape index (κ2) is 11.3. The van der Waals surface area contributed by atoms with E-state index in [0.717, 1.165) is 18.4 Å². The van der Waals surface area contributed by atoms with Gasteiger partial charge in [0, 0.05) is 19.1 Å². The number of benzene rings is 1. The first-order valence-electron chi connectivity index (χ1n) is 11.9. The fourth-order valence-electron chi connectivity index (χ4n) is 3.80. The lowest BCUT2D eigenvalue weighted by molar-refractivity contribution is 0.0206. The highest BCUT2D eigenvalue weighted by Crippen LogP contribution is 2.28. The van der Waals surface area contributed by atoms with Crippen LogP contribution in [-0.4, -0.2) is 56.6 Å². The van der Waals surface area contributed by atoms with Gasteiger partial charge in [0.15, 0.2) is 10.9 Å². The van der Waals surface area contributed by atoms with Crippen LogP contribution in [0.1, 0.15) is 48.8 Å². The summed E-state index contributed by atoms with van der Waals surface area (Å²) in [6.07, 6.45) is 6.15. The normalized spacial score (nSPS) is 15.7. The molecule has 1 saturated heterocycles. The maximum absolute atomic E-state index is 12.7. The molecule has 1 aliphatic rings. The van der Waals surface area contributed by atoms with Gasteiger partial charge >= 0.3 is 6.09 Å². The SMILES string of the molecule is Cc1cccc(Cl)c1NC(=O)c1cnc(Nc2cncc(N[C@H]3CCCN(C(=O)OC(C)(C)C)C3)n2)s1. The Morgan fingerprint density at radius 2 is 1.97 bits per heavy atom. The number of likely N-dealkylation sites (tertiary alicyclic amines) is 1. The highest BCUT2D eigenvalue weighted by molar-refractivity contribution is 7.17. The maximum Gasteiger partial charge on any atom is 0.410 e. The predicted octanol–water partition coefficient (Wildman–Crippen LogP) is 5.70. The van der Waals surface area contributed by atoms with Crippen molar-refractivity contribution in [1.29, 1.82) is 0 Å². The van der Waals surface area contributed by atoms with Crippen molar-refractivity contribution in [3.8, 4) is 0 Å². The molecule has 1 atom stereocenters. The van der Waals surface area contributed by atoms with Gasteiger partial charge in [-0.25, -0.2) is 14.8 Å². The number of nitrogens with one attached hydrogen (secondary N) is 3. The monoisotopic (exact) mass is 543 g/mol. The van der Waals surface area contributed by atoms with Crippen molar-refractivity contribution >= 4 is 57.4 Å². The van der Waals surface area contributed by atoms with Gasteiger partial charge in [-0.1, -0.05) is 35.1 Å². The number of anilines is 4. The van der Waals surface area contributed by atoms with E-state index in [1.54, 1.807) is 23.4 Å². The van der Waals surface area contributed by atoms with E-state index in [1.165, 1.54) is 17.5 Å². The molecule has 10 nitrogen and oxygen atoms in total. The number of para-hydroxylation sites is 1. The van der Waals surface area contributed by atoms with Crippen LogP contribution in [0.2, 0.25) is 5.02 Å². The standard InChI is InChI=1S/C25H30ClN7O3S/c1-15-7-5-9-17(26)21(15)32-22(34)18-11-28-23(37-18)31-20-13-27-12-19(30-20)29-16-8-6-10-33(14-16)24(35)36-25(2,3)4/h5,7,9,11-13,16H,6,8,10,14H2,1-4H3,(H,32,34)(H2,28,29,30,31)/t16-/m0/s1. The van der Waals surface area contributed by atoms with Gasteiger partial charge in [0.05, 0.1) is 29.3 Å². The number of nitrogens with zero attached hydrogens (tertiary/aromatic N) is 4. The average Bonchev–Trinajstić information content (AvgIpc) is 3.29. The Bertz CT molecular complexity index is 1260. The number of ether oxygens (including phenoxy) is 1. The Morgan fingerprint density at radius 3 is 2.73 bits per heavy atom. The zero-order valence-electron chi connectivity index (χ0n) is 21.2. The fraction of sp³-hybridized carbons (Fsp3) is 0.400. The number of thiazole rings is 1. The summed E-state index contributed by atoms with van der Waals surface area (Å²) in [4.78, 5) is 40.4. The number of hydrogen-bond donors (Lipinski definition) is 3. The first kappa shape index (κ1) is 26.6. The number of aromatic nitrogens is 3. The topological polar surface area (TPSA) is 121 Å². The number of aryl methyl sites for hydroxylation is 1. The van der Waals surface area contributed by atoms with Gasteiger partial charge in [0.2, 0.25) is 0 Å². The van der Waals surface area contributed by atoms with E-state index in [4.69, 9.17) is 16.3 Å². The summed E-state index contributed by atoms with van der Waals surface area (Å²) in [7, 11) is 0. The van der Waals surface area contributed by atoms with E-state index in [-0.39, 0.29) is 18.0 Å². The van der Waals surface area contributed by atoms with Crippen LogP contribution in [-0.2, 0) is 4.74 Å². The van der Waals surface area contributed by atoms with E-state index in [9.17, 15) is 9.59 Å². The minimum atomic E-state index is -0.535.